The molecule has 4 atom stereocenters. The molecule has 0 aromatic rings. The summed E-state index contributed by atoms with van der Waals surface area (Å²) in [6.07, 6.45) is 2.10. The van der Waals surface area contributed by atoms with E-state index < -0.39 is 17.7 Å². The van der Waals surface area contributed by atoms with Gasteiger partial charge in [-0.15, -0.1) is 0 Å². The Balaban J connectivity index is 0.000000261. The number of ketones is 1. The molecular formula is C19H26O7Y2. The minimum absolute atomic E-state index is 0. The molecule has 150 valence electrons. The van der Waals surface area contributed by atoms with Gasteiger partial charge in [-0.3, -0.25) is 4.79 Å². The van der Waals surface area contributed by atoms with Crippen LogP contribution in [0.2, 0.25) is 0 Å². The minimum atomic E-state index is -0.723. The van der Waals surface area contributed by atoms with E-state index in [9.17, 15) is 4.79 Å². The number of rotatable bonds is 2. The van der Waals surface area contributed by atoms with E-state index >= 15 is 0 Å². The van der Waals surface area contributed by atoms with Gasteiger partial charge in [0.1, 0.15) is 18.3 Å². The number of aliphatic hydroxyl groups is 2. The first kappa shape index (κ1) is 26.9. The van der Waals surface area contributed by atoms with Gasteiger partial charge in [-0.05, 0) is 50.5 Å². The summed E-state index contributed by atoms with van der Waals surface area (Å²) in [4.78, 5) is 11.3. The number of aliphatic hydroxyl groups excluding tert-OH is 2. The quantitative estimate of drug-likeness (QED) is 0.536. The van der Waals surface area contributed by atoms with E-state index in [4.69, 9.17) is 29.2 Å². The molecule has 4 aliphatic rings. The maximum absolute atomic E-state index is 11.3. The van der Waals surface area contributed by atoms with Crippen molar-refractivity contribution in [1.29, 1.82) is 0 Å². The zero-order valence-corrected chi connectivity index (χ0v) is 22.4. The van der Waals surface area contributed by atoms with Crippen LogP contribution in [0.5, 0.6) is 0 Å². The smallest absolute Gasteiger partial charge is 0.187 e. The Kier molecular flexibility index (Phi) is 9.59. The zero-order chi connectivity index (χ0) is 19.3. The van der Waals surface area contributed by atoms with Gasteiger partial charge in [0.2, 0.25) is 0 Å². The molecule has 0 aromatic carbocycles. The van der Waals surface area contributed by atoms with Gasteiger partial charge in [-0.25, -0.2) is 0 Å². The fourth-order valence-corrected chi connectivity index (χ4v) is 3.56. The molecule has 2 radical (unpaired) electrons. The fraction of sp³-hybridized carbons (Fsp3) is 0.632. The summed E-state index contributed by atoms with van der Waals surface area (Å²) in [5, 5.41) is 18.0. The van der Waals surface area contributed by atoms with E-state index in [-0.39, 0.29) is 103 Å². The van der Waals surface area contributed by atoms with Crippen molar-refractivity contribution in [2.75, 3.05) is 13.2 Å². The molecule has 0 aromatic heterocycles. The van der Waals surface area contributed by atoms with Crippen molar-refractivity contribution in [3.05, 3.63) is 35.5 Å². The van der Waals surface area contributed by atoms with Crippen LogP contribution < -0.4 is 0 Å². The van der Waals surface area contributed by atoms with Gasteiger partial charge in [0.15, 0.2) is 23.5 Å². The summed E-state index contributed by atoms with van der Waals surface area (Å²) in [5.74, 6) is -1.40. The first-order chi connectivity index (χ1) is 12.1. The van der Waals surface area contributed by atoms with Crippen LogP contribution in [-0.2, 0) is 89.2 Å². The van der Waals surface area contributed by atoms with Crippen molar-refractivity contribution in [2.45, 2.75) is 63.7 Å². The van der Waals surface area contributed by atoms with Crippen LogP contribution in [0.1, 0.15) is 27.7 Å². The van der Waals surface area contributed by atoms with Crippen molar-refractivity contribution in [3.8, 4) is 0 Å². The average Bonchev–Trinajstić information content (AvgIpc) is 3.21. The van der Waals surface area contributed by atoms with Gasteiger partial charge in [0.05, 0.1) is 13.2 Å². The van der Waals surface area contributed by atoms with E-state index in [1.165, 1.54) is 6.08 Å². The molecule has 4 rings (SSSR count). The van der Waals surface area contributed by atoms with Crippen LogP contribution in [-0.4, -0.2) is 65.2 Å². The molecule has 2 unspecified atom stereocenters. The van der Waals surface area contributed by atoms with Crippen molar-refractivity contribution >= 4 is 5.78 Å². The Morgan fingerprint density at radius 1 is 0.821 bits per heavy atom. The molecule has 2 aliphatic carbocycles. The standard InChI is InChI=1S/C10H14O3.C9H12O4.2Y/c1-6-4-7(5-11)9-8(6)12-10(2,3)13-9;1-9(2)12-7-5(4-10)3-6(11)8(7)13-9;;/h4,8-9,11H,1,5H2,2-3H3;3,7-8,10H,4H2,1-2H3;;/t8?,9-;7-,8?;;/m10../s1. The van der Waals surface area contributed by atoms with Crippen molar-refractivity contribution < 1.29 is 99.4 Å². The molecule has 9 heteroatoms. The number of fused-ring (bicyclic) bond motifs is 2. The Morgan fingerprint density at radius 2 is 1.21 bits per heavy atom. The Labute approximate surface area is 215 Å². The van der Waals surface area contributed by atoms with E-state index in [1.54, 1.807) is 13.8 Å². The van der Waals surface area contributed by atoms with Crippen LogP contribution in [0, 0.1) is 0 Å². The topological polar surface area (TPSA) is 94.5 Å². The molecule has 2 saturated heterocycles. The molecular weight excluding hydrogens is 518 g/mol. The van der Waals surface area contributed by atoms with Crippen molar-refractivity contribution in [1.82, 2.24) is 0 Å². The summed E-state index contributed by atoms with van der Waals surface area (Å²) < 4.78 is 22.1. The number of carbonyl (C=O) groups excluding carboxylic acids is 1. The number of carbonyl (C=O) groups is 1. The average molecular weight is 544 g/mol. The minimum Gasteiger partial charge on any atom is -0.392 e. The van der Waals surface area contributed by atoms with E-state index in [0.29, 0.717) is 5.57 Å². The third kappa shape index (κ3) is 5.55. The van der Waals surface area contributed by atoms with Crippen LogP contribution in [0.4, 0.5) is 0 Å². The molecule has 0 bridgehead atoms. The van der Waals surface area contributed by atoms with Crippen LogP contribution in [0.15, 0.2) is 35.5 Å². The summed E-state index contributed by atoms with van der Waals surface area (Å²) in [5.41, 5.74) is 2.36. The van der Waals surface area contributed by atoms with Gasteiger partial charge < -0.3 is 29.2 Å². The van der Waals surface area contributed by atoms with E-state index in [0.717, 1.165) is 11.1 Å². The van der Waals surface area contributed by atoms with Gasteiger partial charge >= 0.3 is 0 Å². The molecule has 2 N–H and O–H groups in total. The Bertz CT molecular complexity index is 626. The second-order valence-electron chi connectivity index (χ2n) is 7.69. The normalized spacial score (nSPS) is 33.6. The van der Waals surface area contributed by atoms with Crippen LogP contribution in [0.3, 0.4) is 0 Å². The molecule has 28 heavy (non-hydrogen) atoms. The largest absolute Gasteiger partial charge is 0.392 e. The van der Waals surface area contributed by atoms with E-state index in [1.807, 2.05) is 19.9 Å². The maximum atomic E-state index is 11.3. The molecule has 2 heterocycles. The molecule has 0 saturated carbocycles. The van der Waals surface area contributed by atoms with Gasteiger partial charge in [0.25, 0.3) is 0 Å². The Hall–Kier alpha value is 0.858. The van der Waals surface area contributed by atoms with Gasteiger partial charge in [-0.1, -0.05) is 12.7 Å². The molecule has 2 fully saturated rings. The summed E-state index contributed by atoms with van der Waals surface area (Å²) in [6, 6.07) is 0. The van der Waals surface area contributed by atoms with E-state index in [2.05, 4.69) is 6.58 Å². The van der Waals surface area contributed by atoms with Crippen LogP contribution >= 0.6 is 0 Å². The summed E-state index contributed by atoms with van der Waals surface area (Å²) in [6.45, 7) is 11.0. The number of ether oxygens (including phenoxy) is 4. The van der Waals surface area contributed by atoms with Crippen molar-refractivity contribution in [2.24, 2.45) is 0 Å². The molecule has 2 aliphatic heterocycles. The molecule has 7 nitrogen and oxygen atoms in total. The van der Waals surface area contributed by atoms with Gasteiger partial charge in [-0.2, -0.15) is 0 Å². The third-order valence-electron chi connectivity index (χ3n) is 4.63. The predicted molar refractivity (Wildman–Crippen MR) is 92.1 cm³/mol. The summed E-state index contributed by atoms with van der Waals surface area (Å²) in [7, 11) is 0. The zero-order valence-electron chi connectivity index (χ0n) is 16.7. The van der Waals surface area contributed by atoms with Crippen LogP contribution in [0.25, 0.3) is 0 Å². The second-order valence-corrected chi connectivity index (χ2v) is 7.69. The Morgan fingerprint density at radius 3 is 1.71 bits per heavy atom. The predicted octanol–water partition coefficient (Wildman–Crippen LogP) is 0.998. The molecule has 0 spiro atoms. The number of hydrogen-bond donors (Lipinski definition) is 2. The SMILES string of the molecule is C=C1C=C(CO)[C@H]2OC(C)(C)OC12.CC1(C)OC2C(=O)C=C(CO)[C@@H]2O1.[Y].[Y]. The maximum Gasteiger partial charge on any atom is 0.187 e. The monoisotopic (exact) mass is 544 g/mol. The first-order valence-electron chi connectivity index (χ1n) is 8.63. The fourth-order valence-electron chi connectivity index (χ4n) is 3.56. The first-order valence-corrected chi connectivity index (χ1v) is 8.63. The molecule has 0 amide bonds. The summed E-state index contributed by atoms with van der Waals surface area (Å²) >= 11 is 0. The van der Waals surface area contributed by atoms with Crippen molar-refractivity contribution in [3.63, 3.8) is 0 Å². The second kappa shape index (κ2) is 9.99. The number of hydrogen-bond acceptors (Lipinski definition) is 7. The van der Waals surface area contributed by atoms with Gasteiger partial charge in [0, 0.05) is 65.4 Å². The third-order valence-corrected chi connectivity index (χ3v) is 4.63.